The van der Waals surface area contributed by atoms with Gasteiger partial charge in [-0.25, -0.2) is 24.9 Å². The maximum absolute atomic E-state index is 4.88. The molecule has 8 heteroatoms. The summed E-state index contributed by atoms with van der Waals surface area (Å²) in [5.74, 6) is 1.40. The molecule has 5 aromatic heterocycles. The van der Waals surface area contributed by atoms with E-state index in [9.17, 15) is 0 Å². The molecule has 0 fully saturated rings. The largest absolute Gasteiger partial charge is 0.309 e. The molecular weight excluding hydrogens is 623 g/mol. The van der Waals surface area contributed by atoms with Crippen molar-refractivity contribution in [2.24, 2.45) is 0 Å². The van der Waals surface area contributed by atoms with E-state index >= 15 is 0 Å². The summed E-state index contributed by atoms with van der Waals surface area (Å²) in [7, 11) is 0. The van der Waals surface area contributed by atoms with Crippen molar-refractivity contribution in [2.75, 3.05) is 0 Å². The lowest BCUT2D eigenvalue weighted by atomic mass is 10.0. The number of fused-ring (bicyclic) bond motifs is 7. The number of para-hydroxylation sites is 1. The molecule has 0 atom stereocenters. The van der Waals surface area contributed by atoms with Gasteiger partial charge in [-0.3, -0.25) is 4.57 Å². The van der Waals surface area contributed by atoms with Crippen molar-refractivity contribution in [3.05, 3.63) is 152 Å². The fraction of sp³-hybridized carbons (Fsp3) is 0. The van der Waals surface area contributed by atoms with Gasteiger partial charge in [0, 0.05) is 68.7 Å². The van der Waals surface area contributed by atoms with Gasteiger partial charge in [0.25, 0.3) is 0 Å². The normalized spacial score (nSPS) is 11.7. The van der Waals surface area contributed by atoms with Gasteiger partial charge in [0.15, 0.2) is 11.6 Å². The third-order valence-corrected chi connectivity index (χ3v) is 10.1. The van der Waals surface area contributed by atoms with Gasteiger partial charge in [-0.15, -0.1) is 0 Å². The molecule has 10 aromatic rings. The van der Waals surface area contributed by atoms with Gasteiger partial charge in [-0.1, -0.05) is 65.9 Å². The van der Waals surface area contributed by atoms with Crippen molar-refractivity contribution >= 4 is 54.9 Å². The minimum absolute atomic E-state index is 0.692. The first kappa shape index (κ1) is 27.6. The quantitative estimate of drug-likeness (QED) is 0.186. The van der Waals surface area contributed by atoms with Gasteiger partial charge in [0.2, 0.25) is 0 Å². The van der Waals surface area contributed by atoms with Crippen molar-refractivity contribution in [1.82, 2.24) is 34.1 Å². The second-order valence-electron chi connectivity index (χ2n) is 11.8. The van der Waals surface area contributed by atoms with E-state index in [-0.39, 0.29) is 0 Å². The van der Waals surface area contributed by atoms with Crippen molar-refractivity contribution in [1.29, 1.82) is 0 Å². The predicted octanol–water partition coefficient (Wildman–Crippen LogP) is 9.92. The van der Waals surface area contributed by atoms with Crippen LogP contribution in [0.25, 0.3) is 87.6 Å². The van der Waals surface area contributed by atoms with Crippen LogP contribution < -0.4 is 0 Å². The van der Waals surface area contributed by atoms with Crippen LogP contribution in [0, 0.1) is 0 Å². The maximum Gasteiger partial charge on any atom is 0.159 e. The highest BCUT2D eigenvalue weighted by molar-refractivity contribution is 7.17. The van der Waals surface area contributed by atoms with E-state index < -0.39 is 0 Å². The first-order valence-electron chi connectivity index (χ1n) is 16.0. The van der Waals surface area contributed by atoms with Crippen LogP contribution in [0.4, 0.5) is 0 Å². The van der Waals surface area contributed by atoms with Crippen molar-refractivity contribution in [3.63, 3.8) is 0 Å². The second-order valence-corrected chi connectivity index (χ2v) is 12.8. The highest BCUT2D eigenvalue weighted by Gasteiger charge is 2.23. The van der Waals surface area contributed by atoms with Gasteiger partial charge >= 0.3 is 0 Å². The van der Waals surface area contributed by atoms with E-state index in [0.29, 0.717) is 11.6 Å². The molecule has 0 radical (unpaired) electrons. The van der Waals surface area contributed by atoms with E-state index in [1.807, 2.05) is 24.4 Å². The first-order chi connectivity index (χ1) is 24.3. The summed E-state index contributed by atoms with van der Waals surface area (Å²) in [5, 5.41) is 6.59. The summed E-state index contributed by atoms with van der Waals surface area (Å²) in [6.45, 7) is 0. The molecule has 0 aliphatic carbocycles. The number of thiazole rings is 1. The summed E-state index contributed by atoms with van der Waals surface area (Å²) in [6.07, 6.45) is 9.14. The molecule has 230 valence electrons. The number of hydrogen-bond donors (Lipinski definition) is 0. The summed E-state index contributed by atoms with van der Waals surface area (Å²) in [6, 6.07) is 42.2. The van der Waals surface area contributed by atoms with E-state index in [0.717, 1.165) is 76.0 Å². The fourth-order valence-corrected chi connectivity index (χ4v) is 7.90. The van der Waals surface area contributed by atoms with Crippen LogP contribution in [0.15, 0.2) is 152 Å². The number of nitrogens with zero attached hydrogens (tertiary/aromatic N) is 7. The molecule has 0 unspecified atom stereocenters. The molecule has 49 heavy (non-hydrogen) atoms. The maximum atomic E-state index is 4.88. The van der Waals surface area contributed by atoms with Crippen LogP contribution in [0.5, 0.6) is 0 Å². The Morgan fingerprint density at radius 2 is 1.04 bits per heavy atom. The summed E-state index contributed by atoms with van der Waals surface area (Å²) >= 11 is 1.69. The van der Waals surface area contributed by atoms with Crippen molar-refractivity contribution < 1.29 is 0 Å². The van der Waals surface area contributed by atoms with Crippen LogP contribution in [-0.2, 0) is 0 Å². The first-order valence-corrected chi connectivity index (χ1v) is 16.8. The SMILES string of the molecule is c1ccc(-c2ncc(-n3c4ccc(-c5ncccn5)cc4c4c3ccc3c5cc(-c6ncccn6)ccc5n(-c5ccccc5)c34)s2)cc1. The van der Waals surface area contributed by atoms with Crippen molar-refractivity contribution in [2.45, 2.75) is 0 Å². The Bertz CT molecular complexity index is 2810. The number of hydrogen-bond acceptors (Lipinski definition) is 6. The standard InChI is InChI=1S/C41H25N7S/c1-3-9-26(10-4-1)41-46-25-36(49-41)48-34-17-14-28(40-44-21-8-22-45-40)24-32(34)37-35(48)18-15-30-31-23-27(39-42-19-7-20-43-39)13-16-33(31)47(38(30)37)29-11-5-2-6-12-29/h1-25H. The van der Waals surface area contributed by atoms with Crippen LogP contribution in [0.3, 0.4) is 0 Å². The molecule has 0 spiro atoms. The van der Waals surface area contributed by atoms with Gasteiger partial charge in [0.05, 0.1) is 28.3 Å². The second kappa shape index (κ2) is 11.0. The molecule has 7 nitrogen and oxygen atoms in total. The van der Waals surface area contributed by atoms with Crippen molar-refractivity contribution in [3.8, 4) is 44.0 Å². The lowest BCUT2D eigenvalue weighted by molar-refractivity contribution is 1.17. The number of rotatable bonds is 5. The summed E-state index contributed by atoms with van der Waals surface area (Å²) in [4.78, 5) is 23.2. The molecule has 10 rings (SSSR count). The Hall–Kier alpha value is -6.51. The van der Waals surface area contributed by atoms with Crippen LogP contribution in [0.1, 0.15) is 0 Å². The minimum atomic E-state index is 0.692. The molecule has 0 saturated heterocycles. The molecule has 0 saturated carbocycles. The predicted molar refractivity (Wildman–Crippen MR) is 198 cm³/mol. The van der Waals surface area contributed by atoms with Gasteiger partial charge in [0.1, 0.15) is 10.0 Å². The molecule has 5 heterocycles. The van der Waals surface area contributed by atoms with E-state index in [1.165, 1.54) is 0 Å². The lowest BCUT2D eigenvalue weighted by Gasteiger charge is -2.09. The molecule has 0 aliphatic heterocycles. The van der Waals surface area contributed by atoms with E-state index in [2.05, 4.69) is 132 Å². The van der Waals surface area contributed by atoms with E-state index in [1.54, 1.807) is 36.1 Å². The minimum Gasteiger partial charge on any atom is -0.309 e. The van der Waals surface area contributed by atoms with Crippen LogP contribution >= 0.6 is 11.3 Å². The third-order valence-electron chi connectivity index (χ3n) is 9.05. The number of benzene rings is 5. The molecular formula is C41H25N7S. The highest BCUT2D eigenvalue weighted by Crippen LogP contribution is 2.44. The zero-order valence-corrected chi connectivity index (χ0v) is 26.8. The fourth-order valence-electron chi connectivity index (χ4n) is 6.95. The smallest absolute Gasteiger partial charge is 0.159 e. The Balaban J connectivity index is 1.34. The van der Waals surface area contributed by atoms with Gasteiger partial charge < -0.3 is 4.57 Å². The average Bonchev–Trinajstić information content (AvgIpc) is 3.88. The molecule has 0 N–H and O–H groups in total. The summed E-state index contributed by atoms with van der Waals surface area (Å²) < 4.78 is 4.74. The third kappa shape index (κ3) is 4.38. The summed E-state index contributed by atoms with van der Waals surface area (Å²) in [5.41, 5.74) is 8.57. The Kier molecular flexibility index (Phi) is 6.22. The lowest BCUT2D eigenvalue weighted by Crippen LogP contribution is -1.94. The molecule has 0 aliphatic rings. The molecule has 0 bridgehead atoms. The topological polar surface area (TPSA) is 74.3 Å². The van der Waals surface area contributed by atoms with Gasteiger partial charge in [-0.05, 0) is 66.7 Å². The van der Waals surface area contributed by atoms with Gasteiger partial charge in [-0.2, -0.15) is 0 Å². The highest BCUT2D eigenvalue weighted by atomic mass is 32.1. The molecule has 5 aromatic carbocycles. The van der Waals surface area contributed by atoms with E-state index in [4.69, 9.17) is 4.98 Å². The number of aromatic nitrogens is 7. The van der Waals surface area contributed by atoms with Crippen LogP contribution in [-0.4, -0.2) is 34.1 Å². The Labute approximate surface area is 284 Å². The monoisotopic (exact) mass is 647 g/mol. The molecule has 0 amide bonds. The average molecular weight is 648 g/mol. The Morgan fingerprint density at radius 1 is 0.449 bits per heavy atom. The zero-order chi connectivity index (χ0) is 32.3. The zero-order valence-electron chi connectivity index (χ0n) is 26.0. The van der Waals surface area contributed by atoms with Crippen LogP contribution in [0.2, 0.25) is 0 Å². The Morgan fingerprint density at radius 3 is 1.71 bits per heavy atom.